The second-order valence-electron chi connectivity index (χ2n) is 6.37. The molecule has 4 nitrogen and oxygen atoms in total. The van der Waals surface area contributed by atoms with Crippen LogP contribution in [0.5, 0.6) is 0 Å². The van der Waals surface area contributed by atoms with Crippen LogP contribution in [0, 0.1) is 12.8 Å². The number of nitrogens with one attached hydrogen (secondary N) is 1. The van der Waals surface area contributed by atoms with Crippen molar-refractivity contribution in [1.29, 1.82) is 0 Å². The maximum atomic E-state index is 12.8. The first-order valence-electron chi connectivity index (χ1n) is 8.07. The largest absolute Gasteiger partial charge is 0.340 e. The number of amides is 2. The number of hydrogen-bond donors (Lipinski definition) is 1. The molecule has 2 amide bonds. The van der Waals surface area contributed by atoms with E-state index < -0.39 is 6.04 Å². The van der Waals surface area contributed by atoms with Gasteiger partial charge in [0.25, 0.3) is 5.91 Å². The predicted octanol–water partition coefficient (Wildman–Crippen LogP) is 3.17. The van der Waals surface area contributed by atoms with E-state index in [1.54, 1.807) is 11.0 Å². The van der Waals surface area contributed by atoms with Crippen LogP contribution in [0.25, 0.3) is 0 Å². The lowest BCUT2D eigenvalue weighted by Crippen LogP contribution is -2.51. The molecule has 1 aromatic carbocycles. The third kappa shape index (κ3) is 5.55. The molecule has 0 heterocycles. The molecule has 1 N–H and O–H groups in total. The van der Waals surface area contributed by atoms with Gasteiger partial charge in [-0.25, -0.2) is 0 Å². The molecule has 0 saturated carbocycles. The average molecular weight is 316 g/mol. The number of carbonyl (C=O) groups is 2. The van der Waals surface area contributed by atoms with Crippen LogP contribution >= 0.6 is 0 Å². The molecule has 0 saturated heterocycles. The van der Waals surface area contributed by atoms with Crippen molar-refractivity contribution in [2.75, 3.05) is 13.1 Å². The number of likely N-dealkylation sites (N-methyl/N-ethyl adjacent to an activating group) is 1. The highest BCUT2D eigenvalue weighted by molar-refractivity contribution is 5.97. The highest BCUT2D eigenvalue weighted by Crippen LogP contribution is 2.10. The third-order valence-corrected chi connectivity index (χ3v) is 3.65. The summed E-state index contributed by atoms with van der Waals surface area (Å²) in [7, 11) is 0. The SMILES string of the molecule is C=C(C)CN(CC)C(=O)C(NC(=O)c1cccc(C)c1)C(C)C. The standard InChI is InChI=1S/C19H28N2O2/c1-7-21(12-13(2)3)19(23)17(14(4)5)20-18(22)16-10-8-9-15(6)11-16/h8-11,14,17H,2,7,12H2,1,3-6H3,(H,20,22). The summed E-state index contributed by atoms with van der Waals surface area (Å²) in [5, 5.41) is 2.89. The van der Waals surface area contributed by atoms with E-state index in [1.807, 2.05) is 52.8 Å². The maximum Gasteiger partial charge on any atom is 0.251 e. The Bertz CT molecular complexity index is 578. The van der Waals surface area contributed by atoms with Crippen molar-refractivity contribution in [3.63, 3.8) is 0 Å². The molecule has 1 aromatic rings. The quantitative estimate of drug-likeness (QED) is 0.786. The van der Waals surface area contributed by atoms with E-state index in [0.29, 0.717) is 18.7 Å². The smallest absolute Gasteiger partial charge is 0.251 e. The van der Waals surface area contributed by atoms with Crippen LogP contribution in [0.4, 0.5) is 0 Å². The average Bonchev–Trinajstić information content (AvgIpc) is 2.48. The van der Waals surface area contributed by atoms with Crippen molar-refractivity contribution in [2.45, 2.75) is 40.7 Å². The Morgan fingerprint density at radius 1 is 1.30 bits per heavy atom. The number of nitrogens with zero attached hydrogens (tertiary/aromatic N) is 1. The lowest BCUT2D eigenvalue weighted by atomic mass is 10.0. The molecule has 1 unspecified atom stereocenters. The van der Waals surface area contributed by atoms with Crippen molar-refractivity contribution in [3.05, 3.63) is 47.5 Å². The van der Waals surface area contributed by atoms with Gasteiger partial charge in [-0.15, -0.1) is 0 Å². The molecule has 4 heteroatoms. The van der Waals surface area contributed by atoms with Crippen molar-refractivity contribution in [2.24, 2.45) is 5.92 Å². The van der Waals surface area contributed by atoms with Crippen LogP contribution in [0.15, 0.2) is 36.4 Å². The monoisotopic (exact) mass is 316 g/mol. The molecule has 0 aliphatic rings. The molecule has 0 spiro atoms. The van der Waals surface area contributed by atoms with Crippen molar-refractivity contribution >= 4 is 11.8 Å². The lowest BCUT2D eigenvalue weighted by Gasteiger charge is -2.29. The second-order valence-corrected chi connectivity index (χ2v) is 6.37. The van der Waals surface area contributed by atoms with Gasteiger partial charge in [-0.05, 0) is 38.8 Å². The zero-order valence-electron chi connectivity index (χ0n) is 14.8. The molecule has 0 radical (unpaired) electrons. The van der Waals surface area contributed by atoms with Crippen LogP contribution in [0.2, 0.25) is 0 Å². The fourth-order valence-corrected chi connectivity index (χ4v) is 2.39. The normalized spacial score (nSPS) is 11.9. The van der Waals surface area contributed by atoms with Gasteiger partial charge >= 0.3 is 0 Å². The van der Waals surface area contributed by atoms with Gasteiger partial charge < -0.3 is 10.2 Å². The molecule has 1 atom stereocenters. The van der Waals surface area contributed by atoms with Gasteiger partial charge in [0.05, 0.1) is 0 Å². The molecule has 0 aliphatic carbocycles. The van der Waals surface area contributed by atoms with E-state index in [1.165, 1.54) is 0 Å². The number of aryl methyl sites for hydroxylation is 1. The van der Waals surface area contributed by atoms with Crippen molar-refractivity contribution in [3.8, 4) is 0 Å². The van der Waals surface area contributed by atoms with Gasteiger partial charge in [-0.3, -0.25) is 9.59 Å². The van der Waals surface area contributed by atoms with Crippen LogP contribution < -0.4 is 5.32 Å². The zero-order chi connectivity index (χ0) is 17.6. The fourth-order valence-electron chi connectivity index (χ4n) is 2.39. The third-order valence-electron chi connectivity index (χ3n) is 3.65. The number of rotatable bonds is 7. The van der Waals surface area contributed by atoms with E-state index in [0.717, 1.165) is 11.1 Å². The van der Waals surface area contributed by atoms with Crippen LogP contribution in [-0.2, 0) is 4.79 Å². The summed E-state index contributed by atoms with van der Waals surface area (Å²) >= 11 is 0. The highest BCUT2D eigenvalue weighted by atomic mass is 16.2. The van der Waals surface area contributed by atoms with E-state index in [9.17, 15) is 9.59 Å². The molecule has 0 aromatic heterocycles. The molecule has 0 aliphatic heterocycles. The minimum atomic E-state index is -0.540. The first kappa shape index (κ1) is 18.9. The van der Waals surface area contributed by atoms with Gasteiger partial charge in [-0.1, -0.05) is 43.7 Å². The van der Waals surface area contributed by atoms with Gasteiger partial charge in [0.2, 0.25) is 5.91 Å². The Labute approximate surface area is 139 Å². The summed E-state index contributed by atoms with van der Waals surface area (Å²) in [5.41, 5.74) is 2.52. The van der Waals surface area contributed by atoms with Crippen LogP contribution in [-0.4, -0.2) is 35.8 Å². The summed E-state index contributed by atoms with van der Waals surface area (Å²) in [5.74, 6) is -0.269. The maximum absolute atomic E-state index is 12.8. The van der Waals surface area contributed by atoms with E-state index >= 15 is 0 Å². The minimum Gasteiger partial charge on any atom is -0.340 e. The Hall–Kier alpha value is -2.10. The molecule has 23 heavy (non-hydrogen) atoms. The Kier molecular flexibility index (Phi) is 7.01. The Morgan fingerprint density at radius 3 is 2.43 bits per heavy atom. The van der Waals surface area contributed by atoms with E-state index in [-0.39, 0.29) is 17.7 Å². The van der Waals surface area contributed by atoms with Gasteiger partial charge in [0.15, 0.2) is 0 Å². The first-order valence-corrected chi connectivity index (χ1v) is 8.07. The van der Waals surface area contributed by atoms with Gasteiger partial charge in [0.1, 0.15) is 6.04 Å². The molecular formula is C19H28N2O2. The number of benzene rings is 1. The molecule has 0 fully saturated rings. The summed E-state index contributed by atoms with van der Waals surface area (Å²) in [6.07, 6.45) is 0. The molecule has 0 bridgehead atoms. The van der Waals surface area contributed by atoms with E-state index in [2.05, 4.69) is 11.9 Å². The molecule has 1 rings (SSSR count). The topological polar surface area (TPSA) is 49.4 Å². The molecular weight excluding hydrogens is 288 g/mol. The Balaban J connectivity index is 2.91. The zero-order valence-corrected chi connectivity index (χ0v) is 14.8. The predicted molar refractivity (Wildman–Crippen MR) is 94.3 cm³/mol. The second kappa shape index (κ2) is 8.51. The van der Waals surface area contributed by atoms with Crippen molar-refractivity contribution < 1.29 is 9.59 Å². The highest BCUT2D eigenvalue weighted by Gasteiger charge is 2.28. The lowest BCUT2D eigenvalue weighted by molar-refractivity contribution is -0.133. The first-order chi connectivity index (χ1) is 10.8. The Morgan fingerprint density at radius 2 is 1.96 bits per heavy atom. The fraction of sp³-hybridized carbons (Fsp3) is 0.474. The minimum absolute atomic E-state index is 0.00966. The number of carbonyl (C=O) groups excluding carboxylic acids is 2. The van der Waals surface area contributed by atoms with E-state index in [4.69, 9.17) is 0 Å². The summed E-state index contributed by atoms with van der Waals surface area (Å²) < 4.78 is 0. The molecule has 126 valence electrons. The van der Waals surface area contributed by atoms with Crippen LogP contribution in [0.3, 0.4) is 0 Å². The summed E-state index contributed by atoms with van der Waals surface area (Å²) in [4.78, 5) is 26.9. The summed E-state index contributed by atoms with van der Waals surface area (Å²) in [6.45, 7) is 14.6. The van der Waals surface area contributed by atoms with Crippen LogP contribution in [0.1, 0.15) is 43.6 Å². The van der Waals surface area contributed by atoms with Gasteiger partial charge in [0, 0.05) is 18.7 Å². The number of hydrogen-bond acceptors (Lipinski definition) is 2. The van der Waals surface area contributed by atoms with Gasteiger partial charge in [-0.2, -0.15) is 0 Å². The summed E-state index contributed by atoms with van der Waals surface area (Å²) in [6, 6.07) is 6.82. The van der Waals surface area contributed by atoms with Crippen molar-refractivity contribution in [1.82, 2.24) is 10.2 Å².